The molecule has 1 aliphatic heterocycles. The van der Waals surface area contributed by atoms with Gasteiger partial charge in [-0.05, 0) is 38.0 Å². The second-order valence-corrected chi connectivity index (χ2v) is 8.07. The van der Waals surface area contributed by atoms with Crippen LogP contribution in [0.4, 0.5) is 0 Å². The van der Waals surface area contributed by atoms with Gasteiger partial charge < -0.3 is 4.74 Å². The summed E-state index contributed by atoms with van der Waals surface area (Å²) in [4.78, 5) is 0.356. The van der Waals surface area contributed by atoms with Gasteiger partial charge in [-0.2, -0.15) is 4.31 Å². The average Bonchev–Trinajstić information content (AvgIpc) is 2.62. The van der Waals surface area contributed by atoms with E-state index in [0.717, 1.165) is 36.1 Å². The molecule has 2 aromatic rings. The van der Waals surface area contributed by atoms with Gasteiger partial charge in [0.25, 0.3) is 0 Å². The number of rotatable bonds is 4. The Morgan fingerprint density at radius 3 is 2.46 bits per heavy atom. The zero-order valence-corrected chi connectivity index (χ0v) is 14.9. The summed E-state index contributed by atoms with van der Waals surface area (Å²) in [6.07, 6.45) is 2.71. The summed E-state index contributed by atoms with van der Waals surface area (Å²) in [7, 11) is -1.90. The van der Waals surface area contributed by atoms with Gasteiger partial charge in [0, 0.05) is 12.1 Å². The molecule has 1 heterocycles. The molecule has 1 atom stereocenters. The predicted molar refractivity (Wildman–Crippen MR) is 94.7 cm³/mol. The van der Waals surface area contributed by atoms with Crippen LogP contribution in [-0.2, 0) is 10.0 Å². The van der Waals surface area contributed by atoms with E-state index in [9.17, 15) is 8.42 Å². The van der Waals surface area contributed by atoms with E-state index in [4.69, 9.17) is 4.74 Å². The van der Waals surface area contributed by atoms with E-state index in [0.29, 0.717) is 11.4 Å². The van der Waals surface area contributed by atoms with Crippen LogP contribution in [0.2, 0.25) is 0 Å². The predicted octanol–water partition coefficient (Wildman–Crippen LogP) is 3.92. The van der Waals surface area contributed by atoms with Crippen molar-refractivity contribution in [2.75, 3.05) is 13.7 Å². The summed E-state index contributed by atoms with van der Waals surface area (Å²) in [5, 5.41) is 0. The highest BCUT2D eigenvalue weighted by Gasteiger charge is 2.35. The number of benzene rings is 2. The molecule has 24 heavy (non-hydrogen) atoms. The van der Waals surface area contributed by atoms with Crippen molar-refractivity contribution in [2.45, 2.75) is 37.1 Å². The Labute approximate surface area is 144 Å². The molecule has 3 rings (SSSR count). The molecular weight excluding hydrogens is 322 g/mol. The SMILES string of the molecule is COc1ccccc1[C@H]1CCCCN1S(=O)(=O)c1ccc(C)cc1. The fraction of sp³-hybridized carbons (Fsp3) is 0.368. The maximum absolute atomic E-state index is 13.2. The second kappa shape index (κ2) is 6.95. The molecular formula is C19H23NO3S. The van der Waals surface area contributed by atoms with E-state index in [2.05, 4.69) is 0 Å². The third-order valence-corrected chi connectivity index (χ3v) is 6.50. The van der Waals surface area contributed by atoms with Crippen molar-refractivity contribution in [1.82, 2.24) is 4.31 Å². The van der Waals surface area contributed by atoms with Gasteiger partial charge in [-0.15, -0.1) is 0 Å². The minimum atomic E-state index is -3.52. The van der Waals surface area contributed by atoms with Crippen molar-refractivity contribution in [3.05, 3.63) is 59.7 Å². The van der Waals surface area contributed by atoms with Crippen LogP contribution in [0.1, 0.15) is 36.4 Å². The third-order valence-electron chi connectivity index (χ3n) is 4.58. The van der Waals surface area contributed by atoms with Crippen molar-refractivity contribution in [3.8, 4) is 5.75 Å². The first kappa shape index (κ1) is 17.0. The van der Waals surface area contributed by atoms with E-state index >= 15 is 0 Å². The number of methoxy groups -OCH3 is 1. The largest absolute Gasteiger partial charge is 0.496 e. The van der Waals surface area contributed by atoms with E-state index in [1.54, 1.807) is 23.5 Å². The van der Waals surface area contributed by atoms with Gasteiger partial charge in [-0.1, -0.05) is 42.3 Å². The molecule has 0 amide bonds. The molecule has 128 valence electrons. The van der Waals surface area contributed by atoms with Crippen LogP contribution in [-0.4, -0.2) is 26.4 Å². The topological polar surface area (TPSA) is 46.6 Å². The second-order valence-electron chi connectivity index (χ2n) is 6.18. The maximum Gasteiger partial charge on any atom is 0.243 e. The molecule has 0 radical (unpaired) electrons. The molecule has 2 aromatic carbocycles. The number of nitrogens with zero attached hydrogens (tertiary/aromatic N) is 1. The van der Waals surface area contributed by atoms with E-state index < -0.39 is 10.0 Å². The standard InChI is InChI=1S/C19H23NO3S/c1-15-10-12-16(13-11-15)24(21,22)20-14-6-5-8-18(20)17-7-3-4-9-19(17)23-2/h3-4,7,9-13,18H,5-6,8,14H2,1-2H3/t18-/m1/s1. The molecule has 0 spiro atoms. The first-order valence-corrected chi connectivity index (χ1v) is 9.69. The lowest BCUT2D eigenvalue weighted by molar-refractivity contribution is 0.250. The van der Waals surface area contributed by atoms with Gasteiger partial charge in [-0.25, -0.2) is 8.42 Å². The summed E-state index contributed by atoms with van der Waals surface area (Å²) in [6.45, 7) is 2.49. The Balaban J connectivity index is 2.02. The number of aryl methyl sites for hydroxylation is 1. The molecule has 5 heteroatoms. The Kier molecular flexibility index (Phi) is 4.92. The minimum absolute atomic E-state index is 0.179. The third kappa shape index (κ3) is 3.19. The molecule has 4 nitrogen and oxygen atoms in total. The fourth-order valence-corrected chi connectivity index (χ4v) is 4.97. The molecule has 0 aromatic heterocycles. The number of piperidine rings is 1. The number of sulfonamides is 1. The summed E-state index contributed by atoms with van der Waals surface area (Å²) >= 11 is 0. The summed E-state index contributed by atoms with van der Waals surface area (Å²) in [5.74, 6) is 0.744. The molecule has 0 saturated carbocycles. The average molecular weight is 345 g/mol. The van der Waals surface area contributed by atoms with E-state index in [-0.39, 0.29) is 6.04 Å². The van der Waals surface area contributed by atoms with Gasteiger partial charge in [0.15, 0.2) is 0 Å². The fourth-order valence-electron chi connectivity index (χ4n) is 3.29. The Bertz CT molecular complexity index is 800. The van der Waals surface area contributed by atoms with Crippen LogP contribution in [0, 0.1) is 6.92 Å². The van der Waals surface area contributed by atoms with Crippen LogP contribution in [0.15, 0.2) is 53.4 Å². The van der Waals surface area contributed by atoms with Gasteiger partial charge in [0.05, 0.1) is 18.0 Å². The number of ether oxygens (including phenoxy) is 1. The van der Waals surface area contributed by atoms with Gasteiger partial charge >= 0.3 is 0 Å². The normalized spacial score (nSPS) is 19.2. The molecule has 0 bridgehead atoms. The molecule has 0 N–H and O–H groups in total. The van der Waals surface area contributed by atoms with Crippen molar-refractivity contribution in [1.29, 1.82) is 0 Å². The molecule has 1 saturated heterocycles. The Hall–Kier alpha value is -1.85. The highest BCUT2D eigenvalue weighted by molar-refractivity contribution is 7.89. The van der Waals surface area contributed by atoms with E-state index in [1.165, 1.54) is 0 Å². The van der Waals surface area contributed by atoms with Crippen LogP contribution in [0.25, 0.3) is 0 Å². The van der Waals surface area contributed by atoms with Gasteiger partial charge in [0.1, 0.15) is 5.75 Å². The zero-order chi connectivity index (χ0) is 17.2. The number of hydrogen-bond acceptors (Lipinski definition) is 3. The lowest BCUT2D eigenvalue weighted by Gasteiger charge is -2.35. The van der Waals surface area contributed by atoms with Crippen molar-refractivity contribution in [3.63, 3.8) is 0 Å². The van der Waals surface area contributed by atoms with Crippen LogP contribution < -0.4 is 4.74 Å². The van der Waals surface area contributed by atoms with Crippen molar-refractivity contribution >= 4 is 10.0 Å². The number of hydrogen-bond donors (Lipinski definition) is 0. The minimum Gasteiger partial charge on any atom is -0.496 e. The Morgan fingerprint density at radius 1 is 1.04 bits per heavy atom. The van der Waals surface area contributed by atoms with E-state index in [1.807, 2.05) is 43.3 Å². The summed E-state index contributed by atoms with van der Waals surface area (Å²) in [6, 6.07) is 14.6. The first-order valence-electron chi connectivity index (χ1n) is 8.25. The highest BCUT2D eigenvalue weighted by atomic mass is 32.2. The van der Waals surface area contributed by atoms with Crippen molar-refractivity contribution in [2.24, 2.45) is 0 Å². The van der Waals surface area contributed by atoms with Crippen molar-refractivity contribution < 1.29 is 13.2 Å². The Morgan fingerprint density at radius 2 is 1.75 bits per heavy atom. The van der Waals surface area contributed by atoms with Gasteiger partial charge in [0.2, 0.25) is 10.0 Å². The van der Waals surface area contributed by atoms with Crippen LogP contribution in [0.5, 0.6) is 5.75 Å². The quantitative estimate of drug-likeness (QED) is 0.844. The summed E-state index contributed by atoms with van der Waals surface area (Å²) < 4.78 is 33.4. The highest BCUT2D eigenvalue weighted by Crippen LogP contribution is 2.39. The molecule has 1 fully saturated rings. The lowest BCUT2D eigenvalue weighted by atomic mass is 9.97. The summed E-state index contributed by atoms with van der Waals surface area (Å²) in [5.41, 5.74) is 1.99. The maximum atomic E-state index is 13.2. The molecule has 0 aliphatic carbocycles. The lowest BCUT2D eigenvalue weighted by Crippen LogP contribution is -2.38. The van der Waals surface area contributed by atoms with Gasteiger partial charge in [-0.3, -0.25) is 0 Å². The molecule has 1 aliphatic rings. The van der Waals surface area contributed by atoms with Crippen LogP contribution >= 0.6 is 0 Å². The monoisotopic (exact) mass is 345 g/mol. The first-order chi connectivity index (χ1) is 11.5. The van der Waals surface area contributed by atoms with Crippen LogP contribution in [0.3, 0.4) is 0 Å². The smallest absolute Gasteiger partial charge is 0.243 e. The number of para-hydroxylation sites is 1. The zero-order valence-electron chi connectivity index (χ0n) is 14.1. The molecule has 0 unspecified atom stereocenters.